The molecule has 0 aliphatic carbocycles. The summed E-state index contributed by atoms with van der Waals surface area (Å²) in [6.07, 6.45) is 0. The number of amides is 1. The summed E-state index contributed by atoms with van der Waals surface area (Å²) in [6, 6.07) is 5.20. The first kappa shape index (κ1) is 15.3. The van der Waals surface area contributed by atoms with Crippen molar-refractivity contribution in [3.8, 4) is 0 Å². The van der Waals surface area contributed by atoms with E-state index in [1.54, 1.807) is 25.3 Å². The summed E-state index contributed by atoms with van der Waals surface area (Å²) in [5.41, 5.74) is 7.55. The van der Waals surface area contributed by atoms with E-state index < -0.39 is 0 Å². The molecular weight excluding hydrogens is 242 g/mol. The summed E-state index contributed by atoms with van der Waals surface area (Å²) < 4.78 is 5.33. The first-order valence-corrected chi connectivity index (χ1v) is 6.36. The Morgan fingerprint density at radius 3 is 2.68 bits per heavy atom. The van der Waals surface area contributed by atoms with Gasteiger partial charge in [0.25, 0.3) is 5.91 Å². The molecule has 0 fully saturated rings. The van der Waals surface area contributed by atoms with Gasteiger partial charge in [0.2, 0.25) is 0 Å². The molecule has 0 spiro atoms. The number of hydrogen-bond donors (Lipinski definition) is 3. The van der Waals surface area contributed by atoms with Crippen LogP contribution >= 0.6 is 0 Å². The Labute approximate surface area is 114 Å². The molecule has 0 aliphatic rings. The second kappa shape index (κ2) is 6.43. The van der Waals surface area contributed by atoms with Crippen LogP contribution in [0.25, 0.3) is 0 Å². The summed E-state index contributed by atoms with van der Waals surface area (Å²) in [5, 5.41) is 5.97. The summed E-state index contributed by atoms with van der Waals surface area (Å²) in [4.78, 5) is 11.8. The molecule has 5 nitrogen and oxygen atoms in total. The fourth-order valence-electron chi connectivity index (χ4n) is 1.49. The van der Waals surface area contributed by atoms with Crippen LogP contribution < -0.4 is 16.4 Å². The lowest BCUT2D eigenvalue weighted by Crippen LogP contribution is -2.32. The number of nitrogens with one attached hydrogen (secondary N) is 2. The molecule has 4 N–H and O–H groups in total. The lowest BCUT2D eigenvalue weighted by Gasteiger charge is -2.24. The van der Waals surface area contributed by atoms with E-state index in [-0.39, 0.29) is 11.5 Å². The molecule has 5 heteroatoms. The molecule has 0 bridgehead atoms. The average Bonchev–Trinajstić information content (AvgIpc) is 2.38. The number of ether oxygens (including phenoxy) is 1. The molecule has 0 radical (unpaired) electrons. The fourth-order valence-corrected chi connectivity index (χ4v) is 1.49. The van der Waals surface area contributed by atoms with Crippen LogP contribution in [0.3, 0.4) is 0 Å². The van der Waals surface area contributed by atoms with Gasteiger partial charge in [0.15, 0.2) is 0 Å². The smallest absolute Gasteiger partial charge is 0.251 e. The van der Waals surface area contributed by atoms with Crippen molar-refractivity contribution >= 4 is 17.3 Å². The zero-order valence-electron chi connectivity index (χ0n) is 12.0. The molecular formula is C14H23N3O2. The quantitative estimate of drug-likeness (QED) is 0.686. The second-order valence-corrected chi connectivity index (χ2v) is 4.98. The highest BCUT2D eigenvalue weighted by molar-refractivity contribution is 5.96. The van der Waals surface area contributed by atoms with E-state index in [9.17, 15) is 4.79 Å². The van der Waals surface area contributed by atoms with Gasteiger partial charge in [-0.1, -0.05) is 0 Å². The van der Waals surface area contributed by atoms with E-state index in [4.69, 9.17) is 10.5 Å². The van der Waals surface area contributed by atoms with Gasteiger partial charge in [0, 0.05) is 25.8 Å². The molecule has 1 amide bonds. The van der Waals surface area contributed by atoms with Crippen LogP contribution in [-0.4, -0.2) is 31.7 Å². The van der Waals surface area contributed by atoms with E-state index >= 15 is 0 Å². The Hall–Kier alpha value is -1.75. The first-order chi connectivity index (χ1) is 8.89. The second-order valence-electron chi connectivity index (χ2n) is 4.98. The van der Waals surface area contributed by atoms with Crippen molar-refractivity contribution in [2.75, 3.05) is 31.2 Å². The predicted molar refractivity (Wildman–Crippen MR) is 78.4 cm³/mol. The molecule has 0 heterocycles. The number of nitrogens with two attached hydrogens (primary N) is 1. The van der Waals surface area contributed by atoms with Crippen LogP contribution in [0.4, 0.5) is 11.4 Å². The van der Waals surface area contributed by atoms with Crippen molar-refractivity contribution in [3.05, 3.63) is 23.8 Å². The van der Waals surface area contributed by atoms with Gasteiger partial charge in [-0.3, -0.25) is 4.79 Å². The van der Waals surface area contributed by atoms with Gasteiger partial charge in [-0.25, -0.2) is 0 Å². The van der Waals surface area contributed by atoms with Gasteiger partial charge in [0.05, 0.1) is 17.0 Å². The molecule has 1 aromatic rings. The van der Waals surface area contributed by atoms with Crippen molar-refractivity contribution in [1.29, 1.82) is 0 Å². The topological polar surface area (TPSA) is 76.4 Å². The first-order valence-electron chi connectivity index (χ1n) is 6.36. The van der Waals surface area contributed by atoms with E-state index in [1.165, 1.54) is 0 Å². The molecule has 0 aromatic heterocycles. The van der Waals surface area contributed by atoms with Crippen LogP contribution in [-0.2, 0) is 4.74 Å². The zero-order chi connectivity index (χ0) is 14.5. The summed E-state index contributed by atoms with van der Waals surface area (Å²) >= 11 is 0. The van der Waals surface area contributed by atoms with Crippen molar-refractivity contribution in [3.63, 3.8) is 0 Å². The summed E-state index contributed by atoms with van der Waals surface area (Å²) in [5.74, 6) is -0.100. The average molecular weight is 265 g/mol. The molecule has 106 valence electrons. The number of benzene rings is 1. The van der Waals surface area contributed by atoms with Crippen LogP contribution in [0.2, 0.25) is 0 Å². The molecule has 19 heavy (non-hydrogen) atoms. The minimum atomic E-state index is -0.297. The molecule has 0 unspecified atom stereocenters. The van der Waals surface area contributed by atoms with E-state index in [0.717, 1.165) is 5.69 Å². The normalized spacial score (nSPS) is 11.2. The Bertz CT molecular complexity index is 444. The summed E-state index contributed by atoms with van der Waals surface area (Å²) in [6.45, 7) is 7.04. The Morgan fingerprint density at radius 2 is 2.11 bits per heavy atom. The number of anilines is 2. The molecule has 1 aromatic carbocycles. The van der Waals surface area contributed by atoms with Crippen molar-refractivity contribution in [1.82, 2.24) is 5.32 Å². The van der Waals surface area contributed by atoms with Crippen LogP contribution in [0.15, 0.2) is 18.2 Å². The van der Waals surface area contributed by atoms with Gasteiger partial charge in [-0.15, -0.1) is 0 Å². The standard InChI is InChI=1S/C14H23N3O2/c1-5-16-13(18)10-6-7-11(15)12(8-10)17-9-14(2,3)19-4/h6-8,17H,5,9,15H2,1-4H3,(H,16,18). The lowest BCUT2D eigenvalue weighted by atomic mass is 10.1. The summed E-state index contributed by atoms with van der Waals surface area (Å²) in [7, 11) is 1.66. The third-order valence-corrected chi connectivity index (χ3v) is 2.91. The monoisotopic (exact) mass is 265 g/mol. The highest BCUT2D eigenvalue weighted by atomic mass is 16.5. The Morgan fingerprint density at radius 1 is 1.42 bits per heavy atom. The lowest BCUT2D eigenvalue weighted by molar-refractivity contribution is 0.0344. The predicted octanol–water partition coefficient (Wildman–Crippen LogP) is 1.86. The maximum atomic E-state index is 11.8. The highest BCUT2D eigenvalue weighted by Crippen LogP contribution is 2.21. The highest BCUT2D eigenvalue weighted by Gasteiger charge is 2.16. The van der Waals surface area contributed by atoms with E-state index in [2.05, 4.69) is 10.6 Å². The van der Waals surface area contributed by atoms with Crippen molar-refractivity contribution in [2.45, 2.75) is 26.4 Å². The Kier molecular flexibility index (Phi) is 5.18. The van der Waals surface area contributed by atoms with Crippen molar-refractivity contribution < 1.29 is 9.53 Å². The zero-order valence-corrected chi connectivity index (χ0v) is 12.0. The molecule has 1 rings (SSSR count). The number of carbonyl (C=O) groups excluding carboxylic acids is 1. The van der Waals surface area contributed by atoms with Gasteiger partial charge in [-0.2, -0.15) is 0 Å². The largest absolute Gasteiger partial charge is 0.397 e. The molecule has 0 aliphatic heterocycles. The fraction of sp³-hybridized carbons (Fsp3) is 0.500. The maximum Gasteiger partial charge on any atom is 0.251 e. The number of carbonyl (C=O) groups is 1. The number of nitrogen functional groups attached to an aromatic ring is 1. The molecule has 0 atom stereocenters. The third kappa shape index (κ3) is 4.44. The van der Waals surface area contributed by atoms with Crippen LogP contribution in [0.1, 0.15) is 31.1 Å². The van der Waals surface area contributed by atoms with Gasteiger partial charge >= 0.3 is 0 Å². The minimum absolute atomic E-state index is 0.100. The maximum absolute atomic E-state index is 11.8. The SMILES string of the molecule is CCNC(=O)c1ccc(N)c(NCC(C)(C)OC)c1. The van der Waals surface area contributed by atoms with Crippen molar-refractivity contribution in [2.24, 2.45) is 0 Å². The minimum Gasteiger partial charge on any atom is -0.397 e. The Balaban J connectivity index is 2.83. The molecule has 0 saturated heterocycles. The van der Waals surface area contributed by atoms with Gasteiger partial charge in [-0.05, 0) is 39.0 Å². The van der Waals surface area contributed by atoms with E-state index in [0.29, 0.717) is 24.3 Å². The van der Waals surface area contributed by atoms with Gasteiger partial charge in [0.1, 0.15) is 0 Å². The third-order valence-electron chi connectivity index (χ3n) is 2.91. The number of hydrogen-bond acceptors (Lipinski definition) is 4. The van der Waals surface area contributed by atoms with Crippen LogP contribution in [0, 0.1) is 0 Å². The van der Waals surface area contributed by atoms with Crippen LogP contribution in [0.5, 0.6) is 0 Å². The molecule has 0 saturated carbocycles. The number of methoxy groups -OCH3 is 1. The number of rotatable bonds is 6. The van der Waals surface area contributed by atoms with E-state index in [1.807, 2.05) is 20.8 Å². The van der Waals surface area contributed by atoms with Gasteiger partial charge < -0.3 is 21.1 Å².